The first-order valence-corrected chi connectivity index (χ1v) is 5.70. The Hall–Kier alpha value is -1.20. The summed E-state index contributed by atoms with van der Waals surface area (Å²) in [5, 5.41) is 8.89. The zero-order chi connectivity index (χ0) is 11.4. The molecule has 5 heteroatoms. The van der Waals surface area contributed by atoms with Gasteiger partial charge >= 0.3 is 0 Å². The normalized spacial score (nSPS) is 20.4. The van der Waals surface area contributed by atoms with E-state index >= 15 is 0 Å². The predicted molar refractivity (Wildman–Crippen MR) is 61.9 cm³/mol. The number of nitrogens with zero attached hydrogens (tertiary/aromatic N) is 3. The van der Waals surface area contributed by atoms with Crippen LogP contribution in [-0.4, -0.2) is 34.8 Å². The lowest BCUT2D eigenvalue weighted by atomic mass is 10.1. The van der Waals surface area contributed by atoms with Crippen molar-refractivity contribution in [2.75, 3.05) is 24.6 Å². The van der Waals surface area contributed by atoms with Gasteiger partial charge in [0.15, 0.2) is 0 Å². The quantitative estimate of drug-likeness (QED) is 0.758. The molecule has 1 fully saturated rings. The second kappa shape index (κ2) is 5.23. The molecule has 1 atom stereocenters. The number of aliphatic hydroxyl groups is 1. The zero-order valence-corrected chi connectivity index (χ0v) is 9.34. The maximum absolute atomic E-state index is 8.89. The van der Waals surface area contributed by atoms with Crippen LogP contribution in [0.15, 0.2) is 12.4 Å². The Bertz CT molecular complexity index is 327. The third-order valence-corrected chi connectivity index (χ3v) is 3.05. The fraction of sp³-hybridized carbons (Fsp3) is 0.636. The van der Waals surface area contributed by atoms with Crippen LogP contribution in [0.2, 0.25) is 0 Å². The lowest BCUT2D eigenvalue weighted by Crippen LogP contribution is -2.21. The molecular formula is C11H18N4O. The molecular weight excluding hydrogens is 204 g/mol. The summed E-state index contributed by atoms with van der Waals surface area (Å²) in [4.78, 5) is 10.8. The third-order valence-electron chi connectivity index (χ3n) is 3.05. The van der Waals surface area contributed by atoms with Crippen molar-refractivity contribution < 1.29 is 5.11 Å². The monoisotopic (exact) mass is 222 g/mol. The molecule has 1 aromatic heterocycles. The van der Waals surface area contributed by atoms with Crippen LogP contribution in [0.5, 0.6) is 0 Å². The van der Waals surface area contributed by atoms with Crippen molar-refractivity contribution in [3.05, 3.63) is 18.1 Å². The minimum atomic E-state index is 0.274. The van der Waals surface area contributed by atoms with Crippen molar-refractivity contribution in [1.29, 1.82) is 0 Å². The number of hydrogen-bond donors (Lipinski definition) is 2. The number of rotatable bonds is 4. The Labute approximate surface area is 95.3 Å². The van der Waals surface area contributed by atoms with Crippen LogP contribution in [0.4, 0.5) is 5.82 Å². The van der Waals surface area contributed by atoms with E-state index in [1.165, 1.54) is 0 Å². The number of aromatic nitrogens is 2. The Kier molecular flexibility index (Phi) is 3.69. The van der Waals surface area contributed by atoms with Crippen LogP contribution in [-0.2, 0) is 6.54 Å². The molecule has 0 radical (unpaired) electrons. The van der Waals surface area contributed by atoms with Gasteiger partial charge in [0.1, 0.15) is 5.82 Å². The fourth-order valence-electron chi connectivity index (χ4n) is 2.08. The SMILES string of the molecule is NCc1cnc(N2CCC(CCO)C2)cn1. The first kappa shape index (κ1) is 11.3. The highest BCUT2D eigenvalue weighted by molar-refractivity contribution is 5.37. The zero-order valence-electron chi connectivity index (χ0n) is 9.34. The Morgan fingerprint density at radius 2 is 2.31 bits per heavy atom. The summed E-state index contributed by atoms with van der Waals surface area (Å²) in [6, 6.07) is 0. The van der Waals surface area contributed by atoms with Gasteiger partial charge in [-0.3, -0.25) is 4.98 Å². The highest BCUT2D eigenvalue weighted by Gasteiger charge is 2.22. The Morgan fingerprint density at radius 1 is 1.44 bits per heavy atom. The van der Waals surface area contributed by atoms with E-state index in [9.17, 15) is 0 Å². The average molecular weight is 222 g/mol. The molecule has 0 aliphatic carbocycles. The van der Waals surface area contributed by atoms with Crippen molar-refractivity contribution in [2.24, 2.45) is 11.7 Å². The van der Waals surface area contributed by atoms with Gasteiger partial charge in [-0.15, -0.1) is 0 Å². The topological polar surface area (TPSA) is 75.3 Å². The third kappa shape index (κ3) is 2.48. The van der Waals surface area contributed by atoms with E-state index in [1.807, 2.05) is 0 Å². The van der Waals surface area contributed by atoms with Gasteiger partial charge in [-0.25, -0.2) is 4.98 Å². The first-order chi connectivity index (χ1) is 7.83. The fourth-order valence-corrected chi connectivity index (χ4v) is 2.08. The summed E-state index contributed by atoms with van der Waals surface area (Å²) in [6.07, 6.45) is 5.52. The molecule has 16 heavy (non-hydrogen) atoms. The summed E-state index contributed by atoms with van der Waals surface area (Å²) >= 11 is 0. The highest BCUT2D eigenvalue weighted by Crippen LogP contribution is 2.23. The van der Waals surface area contributed by atoms with Gasteiger partial charge in [-0.05, 0) is 18.8 Å². The molecule has 3 N–H and O–H groups in total. The van der Waals surface area contributed by atoms with Gasteiger partial charge in [0.2, 0.25) is 0 Å². The molecule has 0 spiro atoms. The summed E-state index contributed by atoms with van der Waals surface area (Å²) in [5.74, 6) is 1.50. The van der Waals surface area contributed by atoms with Gasteiger partial charge < -0.3 is 15.7 Å². The summed E-state index contributed by atoms with van der Waals surface area (Å²) in [6.45, 7) is 2.68. The van der Waals surface area contributed by atoms with Gasteiger partial charge in [-0.2, -0.15) is 0 Å². The molecule has 5 nitrogen and oxygen atoms in total. The first-order valence-electron chi connectivity index (χ1n) is 5.70. The molecule has 1 saturated heterocycles. The van der Waals surface area contributed by atoms with Crippen LogP contribution in [0.25, 0.3) is 0 Å². The van der Waals surface area contributed by atoms with Crippen molar-refractivity contribution in [3.8, 4) is 0 Å². The van der Waals surface area contributed by atoms with Gasteiger partial charge in [0.05, 0.1) is 18.1 Å². The molecule has 2 rings (SSSR count). The van der Waals surface area contributed by atoms with Crippen LogP contribution in [0, 0.1) is 5.92 Å². The van der Waals surface area contributed by atoms with E-state index in [0.717, 1.165) is 37.4 Å². The number of aliphatic hydroxyl groups excluding tert-OH is 1. The molecule has 88 valence electrons. The number of hydrogen-bond acceptors (Lipinski definition) is 5. The minimum Gasteiger partial charge on any atom is -0.396 e. The average Bonchev–Trinajstić information content (AvgIpc) is 2.78. The van der Waals surface area contributed by atoms with Crippen molar-refractivity contribution in [3.63, 3.8) is 0 Å². The molecule has 0 saturated carbocycles. The van der Waals surface area contributed by atoms with Gasteiger partial charge in [0.25, 0.3) is 0 Å². The van der Waals surface area contributed by atoms with Crippen molar-refractivity contribution in [2.45, 2.75) is 19.4 Å². The molecule has 1 aliphatic rings. The molecule has 0 aromatic carbocycles. The lowest BCUT2D eigenvalue weighted by molar-refractivity contribution is 0.263. The summed E-state index contributed by atoms with van der Waals surface area (Å²) in [7, 11) is 0. The summed E-state index contributed by atoms with van der Waals surface area (Å²) < 4.78 is 0. The molecule has 2 heterocycles. The minimum absolute atomic E-state index is 0.274. The van der Waals surface area contributed by atoms with Crippen LogP contribution < -0.4 is 10.6 Å². The van der Waals surface area contributed by atoms with Gasteiger partial charge in [0, 0.05) is 26.2 Å². The second-order valence-corrected chi connectivity index (χ2v) is 4.18. The van der Waals surface area contributed by atoms with E-state index in [1.54, 1.807) is 12.4 Å². The molecule has 0 bridgehead atoms. The van der Waals surface area contributed by atoms with Crippen LogP contribution >= 0.6 is 0 Å². The summed E-state index contributed by atoms with van der Waals surface area (Å²) in [5.41, 5.74) is 6.29. The molecule has 1 aromatic rings. The van der Waals surface area contributed by atoms with Crippen molar-refractivity contribution >= 4 is 5.82 Å². The molecule has 0 amide bonds. The standard InChI is InChI=1S/C11H18N4O/c12-5-10-6-14-11(7-13-10)15-3-1-9(8-15)2-4-16/h6-7,9,16H,1-5,8,12H2. The molecule has 1 unspecified atom stereocenters. The van der Waals surface area contributed by atoms with Crippen molar-refractivity contribution in [1.82, 2.24) is 9.97 Å². The second-order valence-electron chi connectivity index (χ2n) is 4.18. The van der Waals surface area contributed by atoms with E-state index in [-0.39, 0.29) is 6.61 Å². The maximum Gasteiger partial charge on any atom is 0.147 e. The van der Waals surface area contributed by atoms with E-state index in [2.05, 4.69) is 14.9 Å². The highest BCUT2D eigenvalue weighted by atomic mass is 16.3. The largest absolute Gasteiger partial charge is 0.396 e. The van der Waals surface area contributed by atoms with E-state index < -0.39 is 0 Å². The Morgan fingerprint density at radius 3 is 2.94 bits per heavy atom. The predicted octanol–water partition coefficient (Wildman–Crippen LogP) is 0.144. The van der Waals surface area contributed by atoms with Crippen LogP contribution in [0.1, 0.15) is 18.5 Å². The van der Waals surface area contributed by atoms with E-state index in [4.69, 9.17) is 10.8 Å². The lowest BCUT2D eigenvalue weighted by Gasteiger charge is -2.16. The number of nitrogens with two attached hydrogens (primary N) is 1. The maximum atomic E-state index is 8.89. The number of anilines is 1. The van der Waals surface area contributed by atoms with E-state index in [0.29, 0.717) is 12.5 Å². The van der Waals surface area contributed by atoms with Gasteiger partial charge in [-0.1, -0.05) is 0 Å². The van der Waals surface area contributed by atoms with Crippen LogP contribution in [0.3, 0.4) is 0 Å². The Balaban J connectivity index is 1.97. The smallest absolute Gasteiger partial charge is 0.147 e. The molecule has 1 aliphatic heterocycles.